The van der Waals surface area contributed by atoms with Crippen molar-refractivity contribution in [2.24, 2.45) is 0 Å². The van der Waals surface area contributed by atoms with Gasteiger partial charge in [0.15, 0.2) is 11.5 Å². The van der Waals surface area contributed by atoms with Crippen LogP contribution in [-0.2, 0) is 4.79 Å². The third-order valence-electron chi connectivity index (χ3n) is 5.77. The van der Waals surface area contributed by atoms with Gasteiger partial charge >= 0.3 is 0 Å². The number of nitro benzene ring substituents is 1. The summed E-state index contributed by atoms with van der Waals surface area (Å²) < 4.78 is 5.42. The van der Waals surface area contributed by atoms with Crippen LogP contribution >= 0.6 is 0 Å². The van der Waals surface area contributed by atoms with E-state index in [-0.39, 0.29) is 23.6 Å². The van der Waals surface area contributed by atoms with Crippen molar-refractivity contribution in [3.63, 3.8) is 0 Å². The molecule has 0 radical (unpaired) electrons. The molecule has 2 aliphatic rings. The summed E-state index contributed by atoms with van der Waals surface area (Å²) in [5.41, 5.74) is 0.109. The number of Topliss-reactive ketones (excluding diaryl/α,β-unsaturated/α-hetero) is 1. The summed E-state index contributed by atoms with van der Waals surface area (Å²) in [4.78, 5) is 40.5. The molecule has 0 spiro atoms. The Kier molecular flexibility index (Phi) is 5.60. The molecule has 2 aromatic rings. The minimum atomic E-state index is -0.937. The molecule has 0 saturated carbocycles. The molecule has 0 aliphatic carbocycles. The zero-order valence-electron chi connectivity index (χ0n) is 17.1. The largest absolute Gasteiger partial charge is 0.503 e. The molecular formula is C22H23N3O6. The quantitative estimate of drug-likeness (QED) is 0.411. The minimum absolute atomic E-state index is 0.00340. The number of amides is 1. The van der Waals surface area contributed by atoms with Crippen molar-refractivity contribution in [2.75, 3.05) is 26.2 Å². The average Bonchev–Trinajstić information content (AvgIpc) is 3.48. The molecule has 1 aromatic carbocycles. The number of aliphatic hydroxyl groups excluding tert-OH is 1. The Morgan fingerprint density at radius 2 is 1.97 bits per heavy atom. The van der Waals surface area contributed by atoms with Crippen molar-refractivity contribution in [2.45, 2.75) is 25.8 Å². The summed E-state index contributed by atoms with van der Waals surface area (Å²) in [5, 5.41) is 21.9. The number of nitrogens with zero attached hydrogens (tertiary/aromatic N) is 3. The minimum Gasteiger partial charge on any atom is -0.503 e. The number of nitro groups is 1. The Balaban J connectivity index is 1.73. The highest BCUT2D eigenvalue weighted by Gasteiger charge is 2.44. The van der Waals surface area contributed by atoms with Crippen LogP contribution in [0.1, 0.15) is 40.8 Å². The van der Waals surface area contributed by atoms with Crippen LogP contribution < -0.4 is 0 Å². The van der Waals surface area contributed by atoms with Crippen LogP contribution in [0.2, 0.25) is 0 Å². The number of aliphatic hydroxyl groups is 1. The Labute approximate surface area is 178 Å². The van der Waals surface area contributed by atoms with Gasteiger partial charge in [0.05, 0.1) is 16.5 Å². The summed E-state index contributed by atoms with van der Waals surface area (Å²) in [6, 6.07) is 7.97. The predicted molar refractivity (Wildman–Crippen MR) is 111 cm³/mol. The van der Waals surface area contributed by atoms with Crippen molar-refractivity contribution in [1.82, 2.24) is 9.80 Å². The van der Waals surface area contributed by atoms with Crippen molar-refractivity contribution in [3.05, 3.63) is 74.9 Å². The maximum atomic E-state index is 13.2. The lowest BCUT2D eigenvalue weighted by atomic mass is 9.94. The number of hydrogen-bond acceptors (Lipinski definition) is 7. The molecule has 4 rings (SSSR count). The summed E-state index contributed by atoms with van der Waals surface area (Å²) in [6.07, 6.45) is 2.18. The fourth-order valence-electron chi connectivity index (χ4n) is 4.22. The number of rotatable bonds is 7. The molecule has 1 unspecified atom stereocenters. The van der Waals surface area contributed by atoms with Crippen molar-refractivity contribution in [1.29, 1.82) is 0 Å². The molecule has 3 heterocycles. The van der Waals surface area contributed by atoms with Crippen molar-refractivity contribution in [3.8, 4) is 0 Å². The Bertz CT molecular complexity index is 1070. The standard InChI is InChI=1S/C22H23N3O6/c1-14-7-8-17(31-14)20(26)18-19(15-5-4-6-16(13-15)25(29)30)24(22(28)21(18)27)12-11-23-9-2-3-10-23/h4-8,13,19,27H,2-3,9-12H2,1H3. The van der Waals surface area contributed by atoms with Crippen LogP contribution in [-0.4, -0.2) is 57.7 Å². The highest BCUT2D eigenvalue weighted by molar-refractivity contribution is 6.15. The van der Waals surface area contributed by atoms with Gasteiger partial charge in [0.2, 0.25) is 5.78 Å². The molecule has 31 heavy (non-hydrogen) atoms. The van der Waals surface area contributed by atoms with E-state index < -0.39 is 28.4 Å². The highest BCUT2D eigenvalue weighted by atomic mass is 16.6. The van der Waals surface area contributed by atoms with E-state index in [1.807, 2.05) is 0 Å². The summed E-state index contributed by atoms with van der Waals surface area (Å²) in [5.74, 6) is -1.40. The van der Waals surface area contributed by atoms with Gasteiger partial charge in [0.25, 0.3) is 11.6 Å². The van der Waals surface area contributed by atoms with Gasteiger partial charge < -0.3 is 19.3 Å². The third-order valence-corrected chi connectivity index (χ3v) is 5.77. The molecule has 1 aromatic heterocycles. The zero-order chi connectivity index (χ0) is 22.1. The van der Waals surface area contributed by atoms with Crippen molar-refractivity contribution >= 4 is 17.4 Å². The van der Waals surface area contributed by atoms with E-state index in [1.54, 1.807) is 19.1 Å². The molecule has 1 fully saturated rings. The monoisotopic (exact) mass is 425 g/mol. The third kappa shape index (κ3) is 3.96. The number of benzene rings is 1. The first-order valence-corrected chi connectivity index (χ1v) is 10.2. The number of non-ortho nitro benzene ring substituents is 1. The zero-order valence-corrected chi connectivity index (χ0v) is 17.1. The number of furan rings is 1. The van der Waals surface area contributed by atoms with Gasteiger partial charge in [-0.2, -0.15) is 0 Å². The Morgan fingerprint density at radius 1 is 1.23 bits per heavy atom. The lowest BCUT2D eigenvalue weighted by molar-refractivity contribution is -0.384. The van der Waals surface area contributed by atoms with E-state index in [0.717, 1.165) is 25.9 Å². The van der Waals surface area contributed by atoms with Gasteiger partial charge in [-0.1, -0.05) is 12.1 Å². The lowest BCUT2D eigenvalue weighted by Crippen LogP contribution is -2.37. The highest BCUT2D eigenvalue weighted by Crippen LogP contribution is 2.40. The van der Waals surface area contributed by atoms with Crippen molar-refractivity contribution < 1.29 is 24.0 Å². The fourth-order valence-corrected chi connectivity index (χ4v) is 4.22. The van der Waals surface area contributed by atoms with Crippen LogP contribution in [0.5, 0.6) is 0 Å². The van der Waals surface area contributed by atoms with Crippen LogP contribution in [0.15, 0.2) is 52.1 Å². The van der Waals surface area contributed by atoms with Gasteiger partial charge in [-0.25, -0.2) is 0 Å². The number of carbonyl (C=O) groups excluding carboxylic acids is 2. The first kappa shape index (κ1) is 20.8. The number of ketones is 1. The molecule has 1 atom stereocenters. The smallest absolute Gasteiger partial charge is 0.290 e. The van der Waals surface area contributed by atoms with Crippen LogP contribution in [0.3, 0.4) is 0 Å². The summed E-state index contributed by atoms with van der Waals surface area (Å²) >= 11 is 0. The first-order chi connectivity index (χ1) is 14.9. The van der Waals surface area contributed by atoms with Gasteiger partial charge in [0, 0.05) is 25.2 Å². The lowest BCUT2D eigenvalue weighted by Gasteiger charge is -2.28. The Morgan fingerprint density at radius 3 is 2.61 bits per heavy atom. The predicted octanol–water partition coefficient (Wildman–Crippen LogP) is 3.17. The molecule has 9 heteroatoms. The second kappa shape index (κ2) is 8.35. The number of carbonyl (C=O) groups is 2. The Hall–Kier alpha value is -3.46. The van der Waals surface area contributed by atoms with Gasteiger partial charge in [-0.05, 0) is 50.6 Å². The topological polar surface area (TPSA) is 117 Å². The van der Waals surface area contributed by atoms with E-state index >= 15 is 0 Å². The molecule has 9 nitrogen and oxygen atoms in total. The number of likely N-dealkylation sites (tertiary alicyclic amines) is 1. The van der Waals surface area contributed by atoms with Gasteiger partial charge in [-0.3, -0.25) is 19.7 Å². The number of hydrogen-bond donors (Lipinski definition) is 1. The van der Waals surface area contributed by atoms with E-state index in [0.29, 0.717) is 17.9 Å². The van der Waals surface area contributed by atoms with Crippen LogP contribution in [0.4, 0.5) is 5.69 Å². The average molecular weight is 425 g/mol. The van der Waals surface area contributed by atoms with E-state index in [2.05, 4.69) is 4.90 Å². The molecule has 0 bridgehead atoms. The normalized spacial score (nSPS) is 19.5. The van der Waals surface area contributed by atoms with Gasteiger partial charge in [-0.15, -0.1) is 0 Å². The molecule has 2 aliphatic heterocycles. The maximum Gasteiger partial charge on any atom is 0.290 e. The molecule has 1 amide bonds. The van der Waals surface area contributed by atoms with E-state index in [9.17, 15) is 24.8 Å². The molecule has 1 saturated heterocycles. The van der Waals surface area contributed by atoms with Crippen LogP contribution in [0.25, 0.3) is 0 Å². The summed E-state index contributed by atoms with van der Waals surface area (Å²) in [6.45, 7) is 4.42. The van der Waals surface area contributed by atoms with E-state index in [1.165, 1.54) is 29.2 Å². The SMILES string of the molecule is Cc1ccc(C(=O)C2=C(O)C(=O)N(CCN3CCCC3)C2c2cccc([N+](=O)[O-])c2)o1. The fraction of sp³-hybridized carbons (Fsp3) is 0.364. The maximum absolute atomic E-state index is 13.2. The second-order valence-electron chi connectivity index (χ2n) is 7.80. The van der Waals surface area contributed by atoms with Gasteiger partial charge in [0.1, 0.15) is 5.76 Å². The molecule has 1 N–H and O–H groups in total. The molecule has 162 valence electrons. The first-order valence-electron chi connectivity index (χ1n) is 10.2. The second-order valence-corrected chi connectivity index (χ2v) is 7.80. The summed E-state index contributed by atoms with van der Waals surface area (Å²) in [7, 11) is 0. The molecular weight excluding hydrogens is 402 g/mol. The van der Waals surface area contributed by atoms with Crippen LogP contribution in [0, 0.1) is 17.0 Å². The number of aryl methyl sites for hydroxylation is 1. The van der Waals surface area contributed by atoms with E-state index in [4.69, 9.17) is 4.42 Å².